The Kier molecular flexibility index (Phi) is 5.07. The Hall–Kier alpha value is -1.33. The van der Waals surface area contributed by atoms with Gasteiger partial charge in [0, 0.05) is 25.8 Å². The molecule has 0 N–H and O–H groups in total. The van der Waals surface area contributed by atoms with Crippen LogP contribution in [0.25, 0.3) is 6.08 Å². The maximum Gasteiger partial charge on any atom is 0.266 e. The molecule has 0 atom stereocenters. The third kappa shape index (κ3) is 3.45. The van der Waals surface area contributed by atoms with E-state index in [9.17, 15) is 4.79 Å². The smallest absolute Gasteiger partial charge is 0.266 e. The van der Waals surface area contributed by atoms with Gasteiger partial charge in [-0.2, -0.15) is 0 Å². The highest BCUT2D eigenvalue weighted by Crippen LogP contribution is 2.34. The molecule has 1 saturated heterocycles. The van der Waals surface area contributed by atoms with Crippen LogP contribution in [0, 0.1) is 0 Å². The van der Waals surface area contributed by atoms with Gasteiger partial charge in [-0.25, -0.2) is 0 Å². The summed E-state index contributed by atoms with van der Waals surface area (Å²) in [5.41, 5.74) is 3.77. The number of hydrogen-bond acceptors (Lipinski definition) is 4. The van der Waals surface area contributed by atoms with Gasteiger partial charge in [0.1, 0.15) is 4.32 Å². The van der Waals surface area contributed by atoms with Crippen molar-refractivity contribution in [2.75, 3.05) is 25.0 Å². The minimum absolute atomic E-state index is 0.0586. The summed E-state index contributed by atoms with van der Waals surface area (Å²) in [6, 6.07) is 6.47. The van der Waals surface area contributed by atoms with Crippen molar-refractivity contribution in [1.82, 2.24) is 4.90 Å². The van der Waals surface area contributed by atoms with E-state index in [0.717, 1.165) is 42.8 Å². The molecule has 1 fully saturated rings. The van der Waals surface area contributed by atoms with Gasteiger partial charge in [-0.3, -0.25) is 9.69 Å². The molecule has 0 unspecified atom stereocenters. The Balaban J connectivity index is 1.82. The zero-order chi connectivity index (χ0) is 16.4. The fourth-order valence-corrected chi connectivity index (χ4v) is 4.36. The highest BCUT2D eigenvalue weighted by Gasteiger charge is 2.31. The summed E-state index contributed by atoms with van der Waals surface area (Å²) in [4.78, 5) is 17.3. The SMILES string of the molecule is CCCCN1C(=O)C(=Cc2ccc3c(c2)CCCN3C)SC1=S. The first-order valence-electron chi connectivity index (χ1n) is 8.19. The van der Waals surface area contributed by atoms with Crippen LogP contribution >= 0.6 is 24.0 Å². The molecular formula is C18H22N2OS2. The molecule has 0 bridgehead atoms. The first kappa shape index (κ1) is 16.5. The summed E-state index contributed by atoms with van der Waals surface area (Å²) in [5.74, 6) is 0.0586. The second-order valence-electron chi connectivity index (χ2n) is 6.10. The summed E-state index contributed by atoms with van der Waals surface area (Å²) in [6.45, 7) is 3.97. The van der Waals surface area contributed by atoms with Crippen molar-refractivity contribution < 1.29 is 4.79 Å². The molecule has 3 nitrogen and oxygen atoms in total. The first-order chi connectivity index (χ1) is 11.1. The van der Waals surface area contributed by atoms with Crippen LogP contribution in [0.15, 0.2) is 23.1 Å². The van der Waals surface area contributed by atoms with Crippen LogP contribution in [0.1, 0.15) is 37.3 Å². The van der Waals surface area contributed by atoms with Crippen molar-refractivity contribution in [3.63, 3.8) is 0 Å². The normalized spacial score (nSPS) is 19.7. The van der Waals surface area contributed by atoms with Gasteiger partial charge in [-0.1, -0.05) is 43.4 Å². The van der Waals surface area contributed by atoms with Crippen LogP contribution in [0.4, 0.5) is 5.69 Å². The summed E-state index contributed by atoms with van der Waals surface area (Å²) in [6.07, 6.45) is 6.34. The maximum absolute atomic E-state index is 12.5. The molecule has 2 aliphatic rings. The highest BCUT2D eigenvalue weighted by atomic mass is 32.2. The first-order valence-corrected chi connectivity index (χ1v) is 9.42. The van der Waals surface area contributed by atoms with E-state index in [-0.39, 0.29) is 5.91 Å². The highest BCUT2D eigenvalue weighted by molar-refractivity contribution is 8.26. The van der Waals surface area contributed by atoms with E-state index in [1.165, 1.54) is 29.4 Å². The predicted octanol–water partition coefficient (Wildman–Crippen LogP) is 4.07. The van der Waals surface area contributed by atoms with Gasteiger partial charge in [0.05, 0.1) is 4.91 Å². The number of carbonyl (C=O) groups is 1. The number of thiocarbonyl (C=S) groups is 1. The average Bonchev–Trinajstić information content (AvgIpc) is 2.79. The van der Waals surface area contributed by atoms with Crippen molar-refractivity contribution in [1.29, 1.82) is 0 Å². The second-order valence-corrected chi connectivity index (χ2v) is 7.78. The van der Waals surface area contributed by atoms with Crippen molar-refractivity contribution in [2.45, 2.75) is 32.6 Å². The second kappa shape index (κ2) is 7.05. The number of rotatable bonds is 4. The molecular weight excluding hydrogens is 324 g/mol. The van der Waals surface area contributed by atoms with Crippen LogP contribution in [-0.2, 0) is 11.2 Å². The van der Waals surface area contributed by atoms with Gasteiger partial charge in [0.2, 0.25) is 0 Å². The maximum atomic E-state index is 12.5. The molecule has 0 radical (unpaired) electrons. The number of benzene rings is 1. The summed E-state index contributed by atoms with van der Waals surface area (Å²) >= 11 is 6.78. The number of amides is 1. The number of unbranched alkanes of at least 4 members (excludes halogenated alkanes) is 1. The molecule has 0 aliphatic carbocycles. The lowest BCUT2D eigenvalue weighted by Gasteiger charge is -2.27. The van der Waals surface area contributed by atoms with Crippen molar-refractivity contribution >= 4 is 46.0 Å². The van der Waals surface area contributed by atoms with Gasteiger partial charge in [0.15, 0.2) is 0 Å². The summed E-state index contributed by atoms with van der Waals surface area (Å²) in [7, 11) is 2.14. The molecule has 122 valence electrons. The molecule has 1 aromatic rings. The fraction of sp³-hybridized carbons (Fsp3) is 0.444. The van der Waals surface area contributed by atoms with Crippen LogP contribution in [-0.4, -0.2) is 35.3 Å². The third-order valence-electron chi connectivity index (χ3n) is 4.36. The number of nitrogens with zero attached hydrogens (tertiary/aromatic N) is 2. The Labute approximate surface area is 147 Å². The largest absolute Gasteiger partial charge is 0.374 e. The molecule has 1 aromatic carbocycles. The van der Waals surface area contributed by atoms with E-state index in [1.54, 1.807) is 4.90 Å². The summed E-state index contributed by atoms with van der Waals surface area (Å²) < 4.78 is 0.687. The molecule has 5 heteroatoms. The van der Waals surface area contributed by atoms with Crippen LogP contribution < -0.4 is 4.90 Å². The Morgan fingerprint density at radius 1 is 1.39 bits per heavy atom. The van der Waals surface area contributed by atoms with Gasteiger partial charge in [-0.05, 0) is 48.6 Å². The molecule has 0 spiro atoms. The van der Waals surface area contributed by atoms with E-state index in [4.69, 9.17) is 12.2 Å². The molecule has 2 heterocycles. The minimum Gasteiger partial charge on any atom is -0.374 e. The predicted molar refractivity (Wildman–Crippen MR) is 103 cm³/mol. The third-order valence-corrected chi connectivity index (χ3v) is 5.74. The molecule has 2 aliphatic heterocycles. The monoisotopic (exact) mass is 346 g/mol. The van der Waals surface area contributed by atoms with Crippen LogP contribution in [0.2, 0.25) is 0 Å². The number of aryl methyl sites for hydroxylation is 1. The quantitative estimate of drug-likeness (QED) is 0.606. The molecule has 3 rings (SSSR count). The molecule has 23 heavy (non-hydrogen) atoms. The number of fused-ring (bicyclic) bond motifs is 1. The van der Waals surface area contributed by atoms with Gasteiger partial charge >= 0.3 is 0 Å². The van der Waals surface area contributed by atoms with Crippen molar-refractivity contribution in [3.8, 4) is 0 Å². The Morgan fingerprint density at radius 3 is 3.00 bits per heavy atom. The molecule has 0 saturated carbocycles. The standard InChI is InChI=1S/C18H22N2OS2/c1-3-4-10-20-17(21)16(23-18(20)22)12-13-7-8-15-14(11-13)6-5-9-19(15)2/h7-8,11-12H,3-6,9-10H2,1-2H3. The fourth-order valence-electron chi connectivity index (χ4n) is 3.06. The average molecular weight is 347 g/mol. The zero-order valence-electron chi connectivity index (χ0n) is 13.7. The number of hydrogen-bond donors (Lipinski definition) is 0. The van der Waals surface area contributed by atoms with E-state index < -0.39 is 0 Å². The Bertz CT molecular complexity index is 669. The number of carbonyl (C=O) groups excluding carboxylic acids is 1. The zero-order valence-corrected chi connectivity index (χ0v) is 15.3. The minimum atomic E-state index is 0.0586. The summed E-state index contributed by atoms with van der Waals surface area (Å²) in [5, 5.41) is 0. The van der Waals surface area contributed by atoms with Crippen LogP contribution in [0.3, 0.4) is 0 Å². The van der Waals surface area contributed by atoms with Gasteiger partial charge < -0.3 is 4.90 Å². The van der Waals surface area contributed by atoms with E-state index in [1.807, 2.05) is 6.08 Å². The lowest BCUT2D eigenvalue weighted by Crippen LogP contribution is -2.28. The van der Waals surface area contributed by atoms with E-state index in [0.29, 0.717) is 4.32 Å². The van der Waals surface area contributed by atoms with Gasteiger partial charge in [0.25, 0.3) is 5.91 Å². The topological polar surface area (TPSA) is 23.6 Å². The lowest BCUT2D eigenvalue weighted by atomic mass is 9.99. The van der Waals surface area contributed by atoms with Crippen molar-refractivity contribution in [2.24, 2.45) is 0 Å². The molecule has 1 amide bonds. The van der Waals surface area contributed by atoms with Gasteiger partial charge in [-0.15, -0.1) is 0 Å². The molecule has 0 aromatic heterocycles. The Morgan fingerprint density at radius 2 is 2.22 bits per heavy atom. The number of thioether (sulfide) groups is 1. The number of anilines is 1. The van der Waals surface area contributed by atoms with Crippen LogP contribution in [0.5, 0.6) is 0 Å². The lowest BCUT2D eigenvalue weighted by molar-refractivity contribution is -0.122. The van der Waals surface area contributed by atoms with E-state index in [2.05, 4.69) is 37.1 Å². The van der Waals surface area contributed by atoms with E-state index >= 15 is 0 Å². The van der Waals surface area contributed by atoms with Crippen molar-refractivity contribution in [3.05, 3.63) is 34.2 Å².